The van der Waals surface area contributed by atoms with Gasteiger partial charge in [0.15, 0.2) is 0 Å². The van der Waals surface area contributed by atoms with Gasteiger partial charge in [0, 0.05) is 78.6 Å². The minimum absolute atomic E-state index is 0.185. The first kappa shape index (κ1) is 38.6. The minimum Gasteiger partial charge on any atom is -0.356 e. The van der Waals surface area contributed by atoms with Crippen molar-refractivity contribution in [2.45, 2.75) is 84.0 Å². The van der Waals surface area contributed by atoms with Gasteiger partial charge in [-0.2, -0.15) is 0 Å². The van der Waals surface area contributed by atoms with Gasteiger partial charge in [-0.15, -0.1) is 0 Å². The number of carbonyl (C=O) groups excluding carboxylic acids is 6. The largest absolute Gasteiger partial charge is 0.356 e. The molecule has 0 aromatic heterocycles. The highest BCUT2D eigenvalue weighted by atomic mass is 19.1. The van der Waals surface area contributed by atoms with Crippen LogP contribution in [0.5, 0.6) is 0 Å². The van der Waals surface area contributed by atoms with Gasteiger partial charge in [-0.1, -0.05) is 0 Å². The lowest BCUT2D eigenvalue weighted by Crippen LogP contribution is -2.36. The van der Waals surface area contributed by atoms with Gasteiger partial charge in [0.25, 0.3) is 0 Å². The number of hydroxylamine groups is 6. The summed E-state index contributed by atoms with van der Waals surface area (Å²) in [6.07, 6.45) is -3.07. The van der Waals surface area contributed by atoms with Crippen LogP contribution in [0.2, 0.25) is 0 Å². The normalized spacial score (nSPS) is 12.1. The van der Waals surface area contributed by atoms with Crippen molar-refractivity contribution in [3.05, 3.63) is 0 Å². The molecule has 6 N–H and O–H groups in total. The average molecular weight is 611 g/mol. The highest BCUT2D eigenvalue weighted by Crippen LogP contribution is 2.04. The van der Waals surface area contributed by atoms with Crippen molar-refractivity contribution >= 4 is 35.4 Å². The van der Waals surface area contributed by atoms with Crippen LogP contribution in [0.3, 0.4) is 0 Å². The molecule has 0 aliphatic heterocycles. The van der Waals surface area contributed by atoms with Crippen molar-refractivity contribution < 1.29 is 53.2 Å². The molecule has 0 aromatic rings. The van der Waals surface area contributed by atoms with E-state index >= 15 is 0 Å². The summed E-state index contributed by atoms with van der Waals surface area (Å²) in [6, 6.07) is 0. The summed E-state index contributed by atoms with van der Waals surface area (Å²) < 4.78 is 27.7. The predicted octanol–water partition coefficient (Wildman–Crippen LogP) is 0.215. The number of nitrogens with zero attached hydrogens (tertiary/aromatic N) is 3. The van der Waals surface area contributed by atoms with Crippen molar-refractivity contribution in [3.63, 3.8) is 0 Å². The molecule has 0 aliphatic carbocycles. The molecule has 0 saturated carbocycles. The molecule has 0 radical (unpaired) electrons. The summed E-state index contributed by atoms with van der Waals surface area (Å²) in [4.78, 5) is 69.1. The molecule has 0 saturated heterocycles. The van der Waals surface area contributed by atoms with E-state index in [1.807, 2.05) is 0 Å². The number of rotatable bonds is 22. The van der Waals surface area contributed by atoms with Gasteiger partial charge >= 0.3 is 0 Å². The van der Waals surface area contributed by atoms with E-state index in [-0.39, 0.29) is 63.3 Å². The summed E-state index contributed by atoms with van der Waals surface area (Å²) in [7, 11) is 0. The van der Waals surface area contributed by atoms with Crippen molar-refractivity contribution in [2.24, 2.45) is 0 Å². The Morgan fingerprint density at radius 1 is 0.619 bits per heavy atom. The molecule has 0 spiro atoms. The Balaban J connectivity index is 4.00. The van der Waals surface area contributed by atoms with E-state index < -0.39 is 60.8 Å². The molecule has 2 atom stereocenters. The van der Waals surface area contributed by atoms with Crippen molar-refractivity contribution in [3.8, 4) is 0 Å². The first-order valence-electron chi connectivity index (χ1n) is 13.7. The second kappa shape index (κ2) is 22.2. The van der Waals surface area contributed by atoms with Gasteiger partial charge in [-0.3, -0.25) is 44.4 Å². The molecule has 15 nitrogen and oxygen atoms in total. The molecule has 0 aliphatic rings. The SMILES string of the molecule is CC(=O)NCC(F)CCN(O)C(=O)CCC(=O)NCC(F)CCN(O)C(=O)CCC(=O)NCCCCCN(O)C(C)=O. The molecule has 242 valence electrons. The molecule has 6 amide bonds. The van der Waals surface area contributed by atoms with E-state index in [0.29, 0.717) is 35.9 Å². The van der Waals surface area contributed by atoms with Crippen LogP contribution in [-0.4, -0.2) is 118 Å². The van der Waals surface area contributed by atoms with Crippen LogP contribution in [-0.2, 0) is 28.8 Å². The number of alkyl halides is 2. The molecule has 17 heteroatoms. The van der Waals surface area contributed by atoms with E-state index in [1.165, 1.54) is 13.8 Å². The number of unbranched alkanes of at least 4 members (excludes halogenated alkanes) is 2. The third-order valence-electron chi connectivity index (χ3n) is 5.84. The Labute approximate surface area is 243 Å². The summed E-state index contributed by atoms with van der Waals surface area (Å²) in [5, 5.41) is 37.0. The highest BCUT2D eigenvalue weighted by Gasteiger charge is 2.18. The fraction of sp³-hybridized carbons (Fsp3) is 0.760. The van der Waals surface area contributed by atoms with E-state index in [0.717, 1.165) is 0 Å². The lowest BCUT2D eigenvalue weighted by molar-refractivity contribution is -0.166. The number of hydrogen-bond donors (Lipinski definition) is 6. The van der Waals surface area contributed by atoms with Crippen molar-refractivity contribution in [1.29, 1.82) is 0 Å². The van der Waals surface area contributed by atoms with E-state index in [2.05, 4.69) is 16.0 Å². The van der Waals surface area contributed by atoms with E-state index in [9.17, 15) is 53.2 Å². The fourth-order valence-corrected chi connectivity index (χ4v) is 3.28. The molecule has 2 unspecified atom stereocenters. The standard InChI is InChI=1S/C25H44F2N6O9/c1-18(34)29-16-20(26)10-14-32(41)25(39)9-7-23(37)30-17-21(27)11-15-33(42)24(38)8-6-22(36)28-12-4-3-5-13-31(40)19(2)35/h20-21,40-42H,3-17H2,1-2H3,(H,28,36)(H,29,34)(H,30,37). The number of carbonyl (C=O) groups is 6. The fourth-order valence-electron chi connectivity index (χ4n) is 3.28. The lowest BCUT2D eigenvalue weighted by Gasteiger charge is -2.17. The van der Waals surface area contributed by atoms with E-state index in [4.69, 9.17) is 0 Å². The van der Waals surface area contributed by atoms with Gasteiger partial charge < -0.3 is 16.0 Å². The molecular weight excluding hydrogens is 566 g/mol. The summed E-state index contributed by atoms with van der Waals surface area (Å²) in [5.41, 5.74) is 0. The Kier molecular flexibility index (Phi) is 20.4. The molecule has 0 aromatic carbocycles. The second-order valence-corrected chi connectivity index (χ2v) is 9.60. The monoisotopic (exact) mass is 610 g/mol. The molecule has 0 heterocycles. The number of hydrogen-bond acceptors (Lipinski definition) is 9. The smallest absolute Gasteiger partial charge is 0.246 e. The van der Waals surface area contributed by atoms with Crippen LogP contribution in [0.25, 0.3) is 0 Å². The molecule has 42 heavy (non-hydrogen) atoms. The van der Waals surface area contributed by atoms with Crippen LogP contribution in [0.1, 0.15) is 71.6 Å². The van der Waals surface area contributed by atoms with Crippen LogP contribution < -0.4 is 16.0 Å². The van der Waals surface area contributed by atoms with Crippen LogP contribution >= 0.6 is 0 Å². The summed E-state index contributed by atoms with van der Waals surface area (Å²) in [6.45, 7) is 1.56. The Morgan fingerprint density at radius 3 is 1.57 bits per heavy atom. The molecule has 0 bridgehead atoms. The maximum absolute atomic E-state index is 14.1. The Bertz CT molecular complexity index is 883. The minimum atomic E-state index is -1.62. The number of halogens is 2. The lowest BCUT2D eigenvalue weighted by atomic mass is 10.2. The van der Waals surface area contributed by atoms with Gasteiger partial charge in [-0.25, -0.2) is 24.0 Å². The zero-order valence-electron chi connectivity index (χ0n) is 24.2. The molecule has 0 fully saturated rings. The summed E-state index contributed by atoms with van der Waals surface area (Å²) >= 11 is 0. The zero-order valence-corrected chi connectivity index (χ0v) is 24.2. The third-order valence-corrected chi connectivity index (χ3v) is 5.84. The Morgan fingerprint density at radius 2 is 1.10 bits per heavy atom. The Hall–Kier alpha value is -3.44. The quantitative estimate of drug-likeness (QED) is 0.0562. The van der Waals surface area contributed by atoms with Crippen LogP contribution in [0.4, 0.5) is 8.78 Å². The van der Waals surface area contributed by atoms with Crippen molar-refractivity contribution in [2.75, 3.05) is 39.3 Å². The summed E-state index contributed by atoms with van der Waals surface area (Å²) in [5.74, 6) is -3.58. The van der Waals surface area contributed by atoms with Crippen molar-refractivity contribution in [1.82, 2.24) is 31.1 Å². The van der Waals surface area contributed by atoms with E-state index in [1.54, 1.807) is 0 Å². The molecular formula is C25H44F2N6O9. The van der Waals surface area contributed by atoms with Gasteiger partial charge in [0.1, 0.15) is 12.3 Å². The predicted molar refractivity (Wildman–Crippen MR) is 142 cm³/mol. The third kappa shape index (κ3) is 20.4. The topological polar surface area (TPSA) is 209 Å². The number of amides is 6. The van der Waals surface area contributed by atoms with Crippen LogP contribution in [0.15, 0.2) is 0 Å². The van der Waals surface area contributed by atoms with Gasteiger partial charge in [0.2, 0.25) is 35.4 Å². The molecule has 0 rings (SSSR count). The zero-order chi connectivity index (χ0) is 32.1. The highest BCUT2D eigenvalue weighted by molar-refractivity contribution is 5.83. The first-order chi connectivity index (χ1) is 19.7. The maximum atomic E-state index is 14.1. The maximum Gasteiger partial charge on any atom is 0.246 e. The first-order valence-corrected chi connectivity index (χ1v) is 13.7. The van der Waals surface area contributed by atoms with Gasteiger partial charge in [0.05, 0.1) is 13.1 Å². The van der Waals surface area contributed by atoms with Crippen LogP contribution in [0, 0.1) is 0 Å². The van der Waals surface area contributed by atoms with Gasteiger partial charge in [-0.05, 0) is 19.3 Å². The second-order valence-electron chi connectivity index (χ2n) is 9.60. The average Bonchev–Trinajstić information content (AvgIpc) is 2.95. The number of nitrogens with one attached hydrogen (secondary N) is 3.